The third-order valence-corrected chi connectivity index (χ3v) is 5.00. The number of para-hydroxylation sites is 2. The van der Waals surface area contributed by atoms with Crippen LogP contribution in [-0.4, -0.2) is 29.0 Å². The van der Waals surface area contributed by atoms with Crippen LogP contribution in [0.25, 0.3) is 17.1 Å². The number of anilines is 1. The van der Waals surface area contributed by atoms with Gasteiger partial charge < -0.3 is 10.2 Å². The SMILES string of the molecule is O=C(C=Cc1cnc2ccccc2n1)NCc1ccc(N2CCCCC2)cc1. The Kier molecular flexibility index (Phi) is 5.61. The van der Waals surface area contributed by atoms with Gasteiger partial charge in [-0.15, -0.1) is 0 Å². The molecular formula is C23H24N4O. The smallest absolute Gasteiger partial charge is 0.244 e. The normalized spacial score (nSPS) is 14.5. The largest absolute Gasteiger partial charge is 0.372 e. The molecule has 1 saturated heterocycles. The average Bonchev–Trinajstić information content (AvgIpc) is 2.77. The van der Waals surface area contributed by atoms with Crippen LogP contribution in [0.15, 0.2) is 60.8 Å². The first-order valence-electron chi connectivity index (χ1n) is 9.79. The lowest BCUT2D eigenvalue weighted by Crippen LogP contribution is -2.29. The van der Waals surface area contributed by atoms with Gasteiger partial charge in [0.1, 0.15) is 0 Å². The van der Waals surface area contributed by atoms with Crippen molar-refractivity contribution in [1.29, 1.82) is 0 Å². The Hall–Kier alpha value is -3.21. The molecule has 0 saturated carbocycles. The zero-order valence-corrected chi connectivity index (χ0v) is 15.8. The van der Waals surface area contributed by atoms with Crippen molar-refractivity contribution in [3.8, 4) is 0 Å². The molecule has 2 aromatic carbocycles. The summed E-state index contributed by atoms with van der Waals surface area (Å²) < 4.78 is 0. The first kappa shape index (κ1) is 18.2. The number of hydrogen-bond donors (Lipinski definition) is 1. The number of benzene rings is 2. The standard InChI is InChI=1S/C23H24N4O/c28-23(13-10-19-17-24-21-6-2-3-7-22(21)26-19)25-16-18-8-11-20(12-9-18)27-14-4-1-5-15-27/h2-3,6-13,17H,1,4-5,14-16H2,(H,25,28). The summed E-state index contributed by atoms with van der Waals surface area (Å²) in [6.07, 6.45) is 8.73. The van der Waals surface area contributed by atoms with Crippen LogP contribution in [0.4, 0.5) is 5.69 Å². The van der Waals surface area contributed by atoms with Crippen LogP contribution in [0.3, 0.4) is 0 Å². The number of carbonyl (C=O) groups excluding carboxylic acids is 1. The average molecular weight is 372 g/mol. The highest BCUT2D eigenvalue weighted by Gasteiger charge is 2.10. The van der Waals surface area contributed by atoms with Crippen molar-refractivity contribution in [2.45, 2.75) is 25.8 Å². The molecule has 142 valence electrons. The van der Waals surface area contributed by atoms with Crippen LogP contribution in [-0.2, 0) is 11.3 Å². The highest BCUT2D eigenvalue weighted by atomic mass is 16.1. The maximum atomic E-state index is 12.1. The number of nitrogens with one attached hydrogen (secondary N) is 1. The van der Waals surface area contributed by atoms with Crippen molar-refractivity contribution in [2.75, 3.05) is 18.0 Å². The molecular weight excluding hydrogens is 348 g/mol. The van der Waals surface area contributed by atoms with E-state index in [9.17, 15) is 4.79 Å². The molecule has 0 aliphatic carbocycles. The molecule has 4 rings (SSSR count). The van der Waals surface area contributed by atoms with E-state index in [0.717, 1.165) is 29.7 Å². The second-order valence-corrected chi connectivity index (χ2v) is 7.05. The second kappa shape index (κ2) is 8.65. The minimum Gasteiger partial charge on any atom is -0.372 e. The molecule has 0 unspecified atom stereocenters. The fourth-order valence-electron chi connectivity index (χ4n) is 3.44. The first-order valence-corrected chi connectivity index (χ1v) is 9.79. The fourth-order valence-corrected chi connectivity index (χ4v) is 3.44. The minimum atomic E-state index is -0.143. The van der Waals surface area contributed by atoms with E-state index in [1.54, 1.807) is 12.3 Å². The van der Waals surface area contributed by atoms with Crippen molar-refractivity contribution >= 4 is 28.7 Å². The number of rotatable bonds is 5. The van der Waals surface area contributed by atoms with Gasteiger partial charge in [0.2, 0.25) is 5.91 Å². The van der Waals surface area contributed by atoms with E-state index in [4.69, 9.17) is 0 Å². The highest BCUT2D eigenvalue weighted by Crippen LogP contribution is 2.20. The van der Waals surface area contributed by atoms with Crippen LogP contribution in [0.2, 0.25) is 0 Å². The number of fused-ring (bicyclic) bond motifs is 1. The van der Waals surface area contributed by atoms with Crippen molar-refractivity contribution in [3.05, 3.63) is 72.1 Å². The molecule has 0 atom stereocenters. The van der Waals surface area contributed by atoms with Crippen molar-refractivity contribution in [1.82, 2.24) is 15.3 Å². The minimum absolute atomic E-state index is 0.143. The van der Waals surface area contributed by atoms with Gasteiger partial charge in [0.15, 0.2) is 0 Å². The third kappa shape index (κ3) is 4.55. The Morgan fingerprint density at radius 1 is 1.00 bits per heavy atom. The van der Waals surface area contributed by atoms with Gasteiger partial charge in [-0.25, -0.2) is 4.98 Å². The van der Waals surface area contributed by atoms with E-state index in [1.807, 2.05) is 24.3 Å². The van der Waals surface area contributed by atoms with Crippen LogP contribution >= 0.6 is 0 Å². The summed E-state index contributed by atoms with van der Waals surface area (Å²) in [6, 6.07) is 16.1. The molecule has 5 nitrogen and oxygen atoms in total. The Morgan fingerprint density at radius 2 is 1.75 bits per heavy atom. The molecule has 0 radical (unpaired) electrons. The van der Waals surface area contributed by atoms with E-state index in [2.05, 4.69) is 44.5 Å². The van der Waals surface area contributed by atoms with Crippen LogP contribution in [0.1, 0.15) is 30.5 Å². The van der Waals surface area contributed by atoms with Crippen molar-refractivity contribution < 1.29 is 4.79 Å². The molecule has 0 bridgehead atoms. The van der Waals surface area contributed by atoms with Gasteiger partial charge in [-0.1, -0.05) is 24.3 Å². The highest BCUT2D eigenvalue weighted by molar-refractivity contribution is 5.91. The molecule has 0 spiro atoms. The van der Waals surface area contributed by atoms with E-state index in [0.29, 0.717) is 12.2 Å². The van der Waals surface area contributed by atoms with Gasteiger partial charge in [-0.3, -0.25) is 9.78 Å². The molecule has 1 aliphatic heterocycles. The number of hydrogen-bond acceptors (Lipinski definition) is 4. The summed E-state index contributed by atoms with van der Waals surface area (Å²) in [7, 11) is 0. The molecule has 3 aromatic rings. The number of carbonyl (C=O) groups is 1. The molecule has 2 heterocycles. The fraction of sp³-hybridized carbons (Fsp3) is 0.261. The number of amides is 1. The van der Waals surface area contributed by atoms with Crippen LogP contribution in [0, 0.1) is 0 Å². The van der Waals surface area contributed by atoms with Crippen molar-refractivity contribution in [3.63, 3.8) is 0 Å². The summed E-state index contributed by atoms with van der Waals surface area (Å²) in [4.78, 5) is 23.4. The number of aromatic nitrogens is 2. The summed E-state index contributed by atoms with van der Waals surface area (Å²) in [5.74, 6) is -0.143. The van der Waals surface area contributed by atoms with E-state index in [1.165, 1.54) is 31.0 Å². The molecule has 5 heteroatoms. The predicted octanol–water partition coefficient (Wildman–Crippen LogP) is 3.95. The maximum absolute atomic E-state index is 12.1. The predicted molar refractivity (Wildman–Crippen MR) is 113 cm³/mol. The van der Waals surface area contributed by atoms with Crippen LogP contribution < -0.4 is 10.2 Å². The number of nitrogens with zero attached hydrogens (tertiary/aromatic N) is 3. The van der Waals surface area contributed by atoms with E-state index >= 15 is 0 Å². The number of piperidine rings is 1. The zero-order chi connectivity index (χ0) is 19.2. The summed E-state index contributed by atoms with van der Waals surface area (Å²) in [6.45, 7) is 2.78. The Morgan fingerprint density at radius 3 is 2.54 bits per heavy atom. The molecule has 1 aliphatic rings. The lowest BCUT2D eigenvalue weighted by Gasteiger charge is -2.28. The summed E-state index contributed by atoms with van der Waals surface area (Å²) in [5, 5.41) is 2.92. The van der Waals surface area contributed by atoms with Crippen LogP contribution in [0.5, 0.6) is 0 Å². The molecule has 1 aromatic heterocycles. The molecule has 1 N–H and O–H groups in total. The lowest BCUT2D eigenvalue weighted by atomic mass is 10.1. The van der Waals surface area contributed by atoms with Gasteiger partial charge in [0, 0.05) is 31.4 Å². The van der Waals surface area contributed by atoms with Crippen molar-refractivity contribution in [2.24, 2.45) is 0 Å². The topological polar surface area (TPSA) is 58.1 Å². The Bertz CT molecular complexity index is 975. The summed E-state index contributed by atoms with van der Waals surface area (Å²) >= 11 is 0. The molecule has 1 amide bonds. The van der Waals surface area contributed by atoms with E-state index < -0.39 is 0 Å². The Labute approximate surface area is 165 Å². The second-order valence-electron chi connectivity index (χ2n) is 7.05. The zero-order valence-electron chi connectivity index (χ0n) is 15.8. The summed E-state index contributed by atoms with van der Waals surface area (Å²) in [5.41, 5.74) is 4.69. The van der Waals surface area contributed by atoms with Gasteiger partial charge in [0.25, 0.3) is 0 Å². The lowest BCUT2D eigenvalue weighted by molar-refractivity contribution is -0.116. The van der Waals surface area contributed by atoms with Gasteiger partial charge in [0.05, 0.1) is 22.9 Å². The van der Waals surface area contributed by atoms with Gasteiger partial charge in [-0.05, 0) is 55.2 Å². The monoisotopic (exact) mass is 372 g/mol. The molecule has 1 fully saturated rings. The Balaban J connectivity index is 1.31. The third-order valence-electron chi connectivity index (χ3n) is 5.00. The first-order chi connectivity index (χ1) is 13.8. The van der Waals surface area contributed by atoms with Gasteiger partial charge in [-0.2, -0.15) is 0 Å². The quantitative estimate of drug-likeness (QED) is 0.689. The molecule has 28 heavy (non-hydrogen) atoms. The van der Waals surface area contributed by atoms with E-state index in [-0.39, 0.29) is 5.91 Å². The van der Waals surface area contributed by atoms with Gasteiger partial charge >= 0.3 is 0 Å². The maximum Gasteiger partial charge on any atom is 0.244 e.